The minimum atomic E-state index is -1.16. The Bertz CT molecular complexity index is 1410. The summed E-state index contributed by atoms with van der Waals surface area (Å²) in [7, 11) is 0. The van der Waals surface area contributed by atoms with Crippen molar-refractivity contribution >= 4 is 45.2 Å². The van der Waals surface area contributed by atoms with Gasteiger partial charge in [-0.2, -0.15) is 0 Å². The molecule has 0 aliphatic heterocycles. The van der Waals surface area contributed by atoms with Crippen LogP contribution in [0.1, 0.15) is 73.0 Å². The van der Waals surface area contributed by atoms with Gasteiger partial charge in [0.2, 0.25) is 5.91 Å². The highest BCUT2D eigenvalue weighted by atomic mass is 32.1. The number of urea groups is 1. The van der Waals surface area contributed by atoms with Crippen LogP contribution in [0.3, 0.4) is 0 Å². The zero-order valence-corrected chi connectivity index (χ0v) is 25.3. The molecule has 43 heavy (non-hydrogen) atoms. The van der Waals surface area contributed by atoms with Crippen LogP contribution in [0.4, 0.5) is 4.79 Å². The van der Waals surface area contributed by atoms with Crippen LogP contribution in [0.2, 0.25) is 0 Å². The van der Waals surface area contributed by atoms with Gasteiger partial charge in [-0.25, -0.2) is 4.79 Å². The number of nitrogens with zero attached hydrogens (tertiary/aromatic N) is 1. The van der Waals surface area contributed by atoms with Crippen LogP contribution < -0.4 is 21.7 Å². The van der Waals surface area contributed by atoms with Gasteiger partial charge in [0.25, 0.3) is 11.8 Å². The van der Waals surface area contributed by atoms with Crippen LogP contribution >= 0.6 is 11.3 Å². The Balaban J connectivity index is 1.27. The number of rotatable bonds is 10. The molecule has 2 aromatic carbocycles. The van der Waals surface area contributed by atoms with Gasteiger partial charge in [-0.1, -0.05) is 80.6 Å². The summed E-state index contributed by atoms with van der Waals surface area (Å²) in [5.41, 5.74) is 5.30. The van der Waals surface area contributed by atoms with E-state index in [2.05, 4.69) is 16.0 Å². The highest BCUT2D eigenvalue weighted by Crippen LogP contribution is 2.33. The first-order valence-electron chi connectivity index (χ1n) is 15.3. The van der Waals surface area contributed by atoms with Gasteiger partial charge in [0.15, 0.2) is 0 Å². The van der Waals surface area contributed by atoms with Crippen molar-refractivity contribution in [1.29, 1.82) is 0 Å². The molecule has 2 aliphatic carbocycles. The van der Waals surface area contributed by atoms with E-state index in [4.69, 9.17) is 5.73 Å². The molecule has 5 rings (SSSR count). The van der Waals surface area contributed by atoms with Crippen LogP contribution in [-0.2, 0) is 16.0 Å². The molecule has 2 saturated carbocycles. The smallest absolute Gasteiger partial charge is 0.324 e. The monoisotopic (exact) mass is 603 g/mol. The van der Waals surface area contributed by atoms with Crippen molar-refractivity contribution in [3.63, 3.8) is 0 Å². The summed E-state index contributed by atoms with van der Waals surface area (Å²) in [6.45, 7) is 0.516. The van der Waals surface area contributed by atoms with Crippen LogP contribution in [0.15, 0.2) is 60.7 Å². The molecule has 2 aliphatic rings. The van der Waals surface area contributed by atoms with Gasteiger partial charge in [0.1, 0.15) is 5.54 Å². The van der Waals surface area contributed by atoms with E-state index in [1.165, 1.54) is 16.2 Å². The predicted molar refractivity (Wildman–Crippen MR) is 169 cm³/mol. The van der Waals surface area contributed by atoms with Crippen molar-refractivity contribution in [2.75, 3.05) is 19.6 Å². The quantitative estimate of drug-likeness (QED) is 0.253. The number of carbonyl (C=O) groups is 4. The maximum atomic E-state index is 14.2. The average Bonchev–Trinajstić information content (AvgIpc) is 3.68. The molecule has 0 spiro atoms. The molecular formula is C33H41N5O4S. The molecule has 0 saturated heterocycles. The van der Waals surface area contributed by atoms with E-state index >= 15 is 0 Å². The molecule has 3 aromatic rings. The third kappa shape index (κ3) is 7.25. The molecule has 5 amide bonds. The number of carbonyl (C=O) groups excluding carboxylic acids is 4. The largest absolute Gasteiger partial charge is 0.353 e. The molecule has 1 heterocycles. The van der Waals surface area contributed by atoms with Crippen LogP contribution in [0.25, 0.3) is 10.1 Å². The molecule has 1 aromatic heterocycles. The minimum absolute atomic E-state index is 0.150. The van der Waals surface area contributed by atoms with Crippen molar-refractivity contribution < 1.29 is 19.2 Å². The summed E-state index contributed by atoms with van der Waals surface area (Å²) < 4.78 is 0.999. The maximum Gasteiger partial charge on any atom is 0.324 e. The number of fused-ring (bicyclic) bond motifs is 1. The fourth-order valence-electron chi connectivity index (χ4n) is 6.21. The van der Waals surface area contributed by atoms with Gasteiger partial charge < -0.3 is 21.7 Å². The Morgan fingerprint density at radius 3 is 2.19 bits per heavy atom. The molecule has 0 atom stereocenters. The fraction of sp³-hybridized carbons (Fsp3) is 0.455. The van der Waals surface area contributed by atoms with E-state index in [9.17, 15) is 19.2 Å². The average molecular weight is 604 g/mol. The van der Waals surface area contributed by atoms with Gasteiger partial charge in [0, 0.05) is 24.3 Å². The molecule has 0 radical (unpaired) electrons. The molecule has 9 nitrogen and oxygen atoms in total. The molecule has 0 unspecified atom stereocenters. The lowest BCUT2D eigenvalue weighted by Gasteiger charge is -2.34. The number of thiophene rings is 1. The first kappa shape index (κ1) is 30.7. The third-order valence-corrected chi connectivity index (χ3v) is 9.83. The fourth-order valence-corrected chi connectivity index (χ4v) is 7.17. The molecular weight excluding hydrogens is 562 g/mol. The molecule has 10 heteroatoms. The normalized spacial score (nSPS) is 17.2. The van der Waals surface area contributed by atoms with Crippen molar-refractivity contribution in [1.82, 2.24) is 20.9 Å². The van der Waals surface area contributed by atoms with E-state index in [1.54, 1.807) is 0 Å². The van der Waals surface area contributed by atoms with E-state index in [-0.39, 0.29) is 31.4 Å². The highest BCUT2D eigenvalue weighted by Gasteiger charge is 2.46. The van der Waals surface area contributed by atoms with Crippen molar-refractivity contribution in [3.05, 3.63) is 71.1 Å². The number of hydrogen-bond donors (Lipinski definition) is 4. The number of nitrogens with two attached hydrogens (primary N) is 1. The van der Waals surface area contributed by atoms with Crippen molar-refractivity contribution in [3.8, 4) is 0 Å². The van der Waals surface area contributed by atoms with Crippen LogP contribution in [-0.4, -0.2) is 59.4 Å². The third-order valence-electron chi connectivity index (χ3n) is 8.71. The van der Waals surface area contributed by atoms with E-state index in [0.717, 1.165) is 47.8 Å². The standard InChI is InChI=1S/C33H41N5O4S/c34-32(16-7-2-8-17-32)29(40)35-20-21-36-31(42)38(22-15-24-11-3-1-4-12-24)30(41)33(18-9-10-19-33)37-28(39)27-23-25-13-5-6-14-26(25)43-27/h1,3-6,11-14,23H,2,7-10,15-22,34H2,(H,35,40)(H,36,42)(H,37,39). The van der Waals surface area contributed by atoms with Gasteiger partial charge >= 0.3 is 6.03 Å². The Labute approximate surface area is 256 Å². The lowest BCUT2D eigenvalue weighted by Crippen LogP contribution is -2.61. The van der Waals surface area contributed by atoms with Crippen LogP contribution in [0, 0.1) is 0 Å². The first-order valence-corrected chi connectivity index (χ1v) is 16.1. The van der Waals surface area contributed by atoms with Gasteiger partial charge in [-0.05, 0) is 55.2 Å². The highest BCUT2D eigenvalue weighted by molar-refractivity contribution is 7.20. The number of nitrogens with one attached hydrogen (secondary N) is 3. The van der Waals surface area contributed by atoms with Crippen molar-refractivity contribution in [2.24, 2.45) is 5.73 Å². The predicted octanol–water partition coefficient (Wildman–Crippen LogP) is 4.50. The van der Waals surface area contributed by atoms with Gasteiger partial charge in [0.05, 0.1) is 10.4 Å². The lowest BCUT2D eigenvalue weighted by molar-refractivity contribution is -0.135. The second-order valence-electron chi connectivity index (χ2n) is 11.8. The summed E-state index contributed by atoms with van der Waals surface area (Å²) >= 11 is 1.39. The zero-order chi connectivity index (χ0) is 30.3. The molecule has 0 bridgehead atoms. The number of hydrogen-bond acceptors (Lipinski definition) is 6. The number of imide groups is 1. The Hall–Kier alpha value is -3.76. The SMILES string of the molecule is NC1(C(=O)NCCNC(=O)N(CCc2ccccc2)C(=O)C2(NC(=O)c3cc4ccccc4s3)CCCC2)CCCCC1. The summed E-state index contributed by atoms with van der Waals surface area (Å²) in [5, 5.41) is 9.70. The first-order chi connectivity index (χ1) is 20.8. The van der Waals surface area contributed by atoms with Crippen molar-refractivity contribution in [2.45, 2.75) is 75.3 Å². The van der Waals surface area contributed by atoms with Crippen LogP contribution in [0.5, 0.6) is 0 Å². The van der Waals surface area contributed by atoms with E-state index in [1.807, 2.05) is 60.7 Å². The number of amides is 5. The number of benzene rings is 2. The van der Waals surface area contributed by atoms with Gasteiger partial charge in [-0.3, -0.25) is 19.3 Å². The zero-order valence-electron chi connectivity index (χ0n) is 24.5. The van der Waals surface area contributed by atoms with E-state index in [0.29, 0.717) is 37.0 Å². The summed E-state index contributed by atoms with van der Waals surface area (Å²) in [6, 6.07) is 18.8. The Morgan fingerprint density at radius 2 is 1.47 bits per heavy atom. The second-order valence-corrected chi connectivity index (χ2v) is 12.9. The Morgan fingerprint density at radius 1 is 0.814 bits per heavy atom. The minimum Gasteiger partial charge on any atom is -0.353 e. The lowest BCUT2D eigenvalue weighted by atomic mass is 9.82. The summed E-state index contributed by atoms with van der Waals surface area (Å²) in [5.74, 6) is -0.909. The summed E-state index contributed by atoms with van der Waals surface area (Å²) in [6.07, 6.45) is 7.22. The molecule has 2 fully saturated rings. The van der Waals surface area contributed by atoms with E-state index < -0.39 is 23.0 Å². The summed E-state index contributed by atoms with van der Waals surface area (Å²) in [4.78, 5) is 55.7. The molecule has 228 valence electrons. The Kier molecular flexibility index (Phi) is 9.77. The van der Waals surface area contributed by atoms with Gasteiger partial charge in [-0.15, -0.1) is 11.3 Å². The molecule has 5 N–H and O–H groups in total. The second kappa shape index (κ2) is 13.7. The topological polar surface area (TPSA) is 134 Å². The maximum absolute atomic E-state index is 14.2.